The SMILES string of the molecule is CCCC[C@@H]1SC[C@@]2(C)C[C@H]1NC(=O)[N+]2(C)C. The van der Waals surface area contributed by atoms with Crippen molar-refractivity contribution < 1.29 is 9.28 Å². The van der Waals surface area contributed by atoms with Gasteiger partial charge in [0, 0.05) is 17.4 Å². The first-order valence-electron chi connectivity index (χ1n) is 6.67. The van der Waals surface area contributed by atoms with E-state index in [4.69, 9.17) is 0 Å². The minimum absolute atomic E-state index is 0.111. The summed E-state index contributed by atoms with van der Waals surface area (Å²) >= 11 is 2.07. The maximum atomic E-state index is 12.2. The van der Waals surface area contributed by atoms with Crippen molar-refractivity contribution in [3.8, 4) is 0 Å². The van der Waals surface area contributed by atoms with Crippen LogP contribution in [0.1, 0.15) is 39.5 Å². The zero-order valence-electron chi connectivity index (χ0n) is 11.5. The summed E-state index contributed by atoms with van der Waals surface area (Å²) in [6.45, 7) is 4.50. The fraction of sp³-hybridized carbons (Fsp3) is 0.923. The Kier molecular flexibility index (Phi) is 3.47. The average Bonchev–Trinajstić information content (AvgIpc) is 2.26. The van der Waals surface area contributed by atoms with Gasteiger partial charge in [0.15, 0.2) is 0 Å². The van der Waals surface area contributed by atoms with Crippen molar-refractivity contribution in [3.05, 3.63) is 0 Å². The molecule has 0 saturated carbocycles. The van der Waals surface area contributed by atoms with Crippen LogP contribution in [-0.2, 0) is 0 Å². The molecule has 0 radical (unpaired) electrons. The third-order valence-corrected chi connectivity index (χ3v) is 6.51. The number of quaternary nitrogens is 1. The molecule has 2 aliphatic rings. The van der Waals surface area contributed by atoms with Crippen molar-refractivity contribution in [2.45, 2.75) is 56.4 Å². The molecule has 4 heteroatoms. The van der Waals surface area contributed by atoms with Gasteiger partial charge in [0.25, 0.3) is 0 Å². The molecular weight excluding hydrogens is 232 g/mol. The van der Waals surface area contributed by atoms with E-state index in [2.05, 4.69) is 30.9 Å². The predicted octanol–water partition coefficient (Wildman–Crippen LogP) is 2.61. The van der Waals surface area contributed by atoms with E-state index in [0.29, 0.717) is 15.8 Å². The molecule has 0 aliphatic carbocycles. The van der Waals surface area contributed by atoms with Crippen molar-refractivity contribution in [1.82, 2.24) is 5.32 Å². The third-order valence-electron chi connectivity index (χ3n) is 4.73. The first kappa shape index (κ1) is 13.2. The molecule has 98 valence electrons. The zero-order chi connectivity index (χ0) is 12.7. The van der Waals surface area contributed by atoms with E-state index >= 15 is 0 Å². The lowest BCUT2D eigenvalue weighted by Crippen LogP contribution is -2.75. The molecule has 0 aromatic rings. The summed E-state index contributed by atoms with van der Waals surface area (Å²) < 4.78 is 0.483. The molecule has 2 amide bonds. The number of nitrogens with one attached hydrogen (secondary N) is 1. The Hall–Kier alpha value is -0.220. The number of fused-ring (bicyclic) bond motifs is 2. The number of hydrogen-bond donors (Lipinski definition) is 1. The minimum Gasteiger partial charge on any atom is -0.301 e. The molecule has 1 N–H and O–H groups in total. The second-order valence-electron chi connectivity index (χ2n) is 6.20. The minimum atomic E-state index is 0.111. The average molecular weight is 257 g/mol. The van der Waals surface area contributed by atoms with Crippen LogP contribution in [0, 0.1) is 0 Å². The maximum absolute atomic E-state index is 12.2. The molecule has 0 aromatic heterocycles. The van der Waals surface area contributed by atoms with Gasteiger partial charge < -0.3 is 5.32 Å². The van der Waals surface area contributed by atoms with Gasteiger partial charge in [-0.15, -0.1) is 11.8 Å². The van der Waals surface area contributed by atoms with Gasteiger partial charge >= 0.3 is 6.03 Å². The van der Waals surface area contributed by atoms with Crippen LogP contribution >= 0.6 is 11.8 Å². The van der Waals surface area contributed by atoms with E-state index in [1.807, 2.05) is 14.1 Å². The second kappa shape index (κ2) is 4.47. The lowest BCUT2D eigenvalue weighted by atomic mass is 9.86. The molecule has 2 fully saturated rings. The number of urea groups is 1. The van der Waals surface area contributed by atoms with E-state index in [-0.39, 0.29) is 11.6 Å². The Morgan fingerprint density at radius 1 is 1.53 bits per heavy atom. The van der Waals surface area contributed by atoms with Crippen LogP contribution in [0.15, 0.2) is 0 Å². The first-order chi connectivity index (χ1) is 7.90. The Morgan fingerprint density at radius 2 is 2.24 bits per heavy atom. The van der Waals surface area contributed by atoms with Gasteiger partial charge in [0.05, 0.1) is 20.1 Å². The highest BCUT2D eigenvalue weighted by Gasteiger charge is 2.56. The highest BCUT2D eigenvalue weighted by Crippen LogP contribution is 2.43. The Balaban J connectivity index is 2.12. The van der Waals surface area contributed by atoms with Crippen molar-refractivity contribution in [2.75, 3.05) is 19.8 Å². The Labute approximate surface area is 109 Å². The number of nitrogens with zero attached hydrogens (tertiary/aromatic N) is 1. The van der Waals surface area contributed by atoms with Gasteiger partial charge in [-0.2, -0.15) is 0 Å². The van der Waals surface area contributed by atoms with E-state index in [0.717, 1.165) is 12.2 Å². The zero-order valence-corrected chi connectivity index (χ0v) is 12.3. The Morgan fingerprint density at radius 3 is 2.88 bits per heavy atom. The fourth-order valence-electron chi connectivity index (χ4n) is 2.86. The van der Waals surface area contributed by atoms with Crippen molar-refractivity contribution in [2.24, 2.45) is 0 Å². The number of hydrogen-bond acceptors (Lipinski definition) is 2. The summed E-state index contributed by atoms with van der Waals surface area (Å²) in [4.78, 5) is 12.2. The fourth-order valence-corrected chi connectivity index (χ4v) is 4.60. The summed E-state index contributed by atoms with van der Waals surface area (Å²) in [6.07, 6.45) is 4.90. The smallest absolute Gasteiger partial charge is 0.301 e. The molecule has 17 heavy (non-hydrogen) atoms. The van der Waals surface area contributed by atoms with Crippen molar-refractivity contribution in [3.63, 3.8) is 0 Å². The standard InChI is InChI=1S/C13H24N2OS/c1-5-6-7-11-10-8-13(2,9-17-11)15(3,4)12(16)14-10/h10-11H,5-9H2,1-4H3/p+1/t10-,11+,13-/m1/s1. The topological polar surface area (TPSA) is 29.1 Å². The molecule has 2 aliphatic heterocycles. The lowest BCUT2D eigenvalue weighted by Gasteiger charge is -2.54. The van der Waals surface area contributed by atoms with Gasteiger partial charge in [0.2, 0.25) is 0 Å². The van der Waals surface area contributed by atoms with Gasteiger partial charge in [-0.1, -0.05) is 19.8 Å². The quantitative estimate of drug-likeness (QED) is 0.788. The van der Waals surface area contributed by atoms with Crippen LogP contribution in [0.5, 0.6) is 0 Å². The highest BCUT2D eigenvalue weighted by atomic mass is 32.2. The normalized spacial score (nSPS) is 39.9. The van der Waals surface area contributed by atoms with Gasteiger partial charge in [-0.05, 0) is 13.3 Å². The molecule has 3 atom stereocenters. The van der Waals surface area contributed by atoms with Crippen LogP contribution in [0.25, 0.3) is 0 Å². The summed E-state index contributed by atoms with van der Waals surface area (Å²) in [5, 5.41) is 3.87. The Bertz CT molecular complexity index is 319. The molecule has 0 unspecified atom stereocenters. The van der Waals surface area contributed by atoms with Gasteiger partial charge in [-0.25, -0.2) is 9.28 Å². The largest absolute Gasteiger partial charge is 0.416 e. The molecular formula is C13H25N2OS+. The third kappa shape index (κ3) is 2.10. The lowest BCUT2D eigenvalue weighted by molar-refractivity contribution is -0.866. The molecule has 0 aromatic carbocycles. The van der Waals surface area contributed by atoms with Crippen LogP contribution in [0.4, 0.5) is 4.79 Å². The maximum Gasteiger partial charge on any atom is 0.416 e. The molecule has 2 heterocycles. The van der Waals surface area contributed by atoms with Crippen molar-refractivity contribution in [1.29, 1.82) is 0 Å². The summed E-state index contributed by atoms with van der Waals surface area (Å²) in [5.41, 5.74) is 0.111. The van der Waals surface area contributed by atoms with Crippen LogP contribution in [-0.4, -0.2) is 47.2 Å². The summed E-state index contributed by atoms with van der Waals surface area (Å²) in [6, 6.07) is 0.592. The van der Waals surface area contributed by atoms with Crippen LogP contribution in [0.3, 0.4) is 0 Å². The van der Waals surface area contributed by atoms with E-state index < -0.39 is 0 Å². The molecule has 2 saturated heterocycles. The van der Waals surface area contributed by atoms with E-state index in [1.165, 1.54) is 19.3 Å². The van der Waals surface area contributed by atoms with Gasteiger partial charge in [0.1, 0.15) is 5.54 Å². The first-order valence-corrected chi connectivity index (χ1v) is 7.72. The highest BCUT2D eigenvalue weighted by molar-refractivity contribution is 8.00. The molecule has 2 bridgehead atoms. The number of carbonyl (C=O) groups is 1. The summed E-state index contributed by atoms with van der Waals surface area (Å²) in [5.74, 6) is 1.11. The van der Waals surface area contributed by atoms with Crippen LogP contribution < -0.4 is 5.32 Å². The van der Waals surface area contributed by atoms with Gasteiger partial charge in [-0.3, -0.25) is 0 Å². The number of carbonyl (C=O) groups excluding carboxylic acids is 1. The van der Waals surface area contributed by atoms with E-state index in [9.17, 15) is 4.79 Å². The number of thioether (sulfide) groups is 1. The molecule has 2 rings (SSSR count). The number of unbranched alkanes of at least 4 members (excludes halogenated alkanes) is 1. The van der Waals surface area contributed by atoms with Crippen LogP contribution in [0.2, 0.25) is 0 Å². The van der Waals surface area contributed by atoms with Crippen molar-refractivity contribution >= 4 is 17.8 Å². The van der Waals surface area contributed by atoms with E-state index in [1.54, 1.807) is 0 Å². The predicted molar refractivity (Wildman–Crippen MR) is 73.2 cm³/mol. The number of rotatable bonds is 3. The summed E-state index contributed by atoms with van der Waals surface area (Å²) in [7, 11) is 4.08. The number of amides is 2. The molecule has 0 spiro atoms. The molecule has 3 nitrogen and oxygen atoms in total. The monoisotopic (exact) mass is 257 g/mol. The second-order valence-corrected chi connectivity index (χ2v) is 7.43.